The van der Waals surface area contributed by atoms with E-state index in [9.17, 15) is 4.79 Å². The molecule has 100 valence electrons. The number of amides is 2. The Balaban J connectivity index is 1.80. The fourth-order valence-corrected chi connectivity index (χ4v) is 2.76. The predicted octanol–water partition coefficient (Wildman–Crippen LogP) is 1.38. The van der Waals surface area contributed by atoms with Crippen molar-refractivity contribution in [1.82, 2.24) is 4.90 Å². The minimum atomic E-state index is -0.238. The van der Waals surface area contributed by atoms with Crippen molar-refractivity contribution in [3.8, 4) is 0 Å². The van der Waals surface area contributed by atoms with E-state index in [1.165, 1.54) is 0 Å². The minimum absolute atomic E-state index is 0.116. The van der Waals surface area contributed by atoms with Gasteiger partial charge in [-0.1, -0.05) is 30.3 Å². The average molecular weight is 259 g/mol. The van der Waals surface area contributed by atoms with Crippen molar-refractivity contribution in [3.63, 3.8) is 0 Å². The Bertz CT molecular complexity index is 495. The van der Waals surface area contributed by atoms with Crippen molar-refractivity contribution in [2.75, 3.05) is 13.2 Å². The lowest BCUT2D eigenvalue weighted by Crippen LogP contribution is -2.45. The second kappa shape index (κ2) is 5.01. The van der Waals surface area contributed by atoms with E-state index in [1.54, 1.807) is 4.90 Å². The zero-order valence-corrected chi connectivity index (χ0v) is 10.7. The summed E-state index contributed by atoms with van der Waals surface area (Å²) in [5.74, 6) is 0.690. The van der Waals surface area contributed by atoms with E-state index < -0.39 is 0 Å². The van der Waals surface area contributed by atoms with E-state index in [1.807, 2.05) is 30.3 Å². The summed E-state index contributed by atoms with van der Waals surface area (Å²) in [6.45, 7) is 1.94. The molecule has 2 atom stereocenters. The SMILES string of the molecule is NC1=NC(=O)N(Cc2ccccc2)C1C1CCOC1. The van der Waals surface area contributed by atoms with E-state index in [2.05, 4.69) is 4.99 Å². The Morgan fingerprint density at radius 1 is 1.37 bits per heavy atom. The van der Waals surface area contributed by atoms with Gasteiger partial charge in [0.1, 0.15) is 5.84 Å². The van der Waals surface area contributed by atoms with Crippen LogP contribution in [-0.4, -0.2) is 36.0 Å². The summed E-state index contributed by atoms with van der Waals surface area (Å²) in [5.41, 5.74) is 7.01. The van der Waals surface area contributed by atoms with Crippen LogP contribution in [0.3, 0.4) is 0 Å². The zero-order chi connectivity index (χ0) is 13.2. The van der Waals surface area contributed by atoms with Gasteiger partial charge in [0.05, 0.1) is 12.6 Å². The predicted molar refractivity (Wildman–Crippen MR) is 71.7 cm³/mol. The molecule has 1 fully saturated rings. The lowest BCUT2D eigenvalue weighted by Gasteiger charge is -2.28. The van der Waals surface area contributed by atoms with E-state index in [0.717, 1.165) is 18.6 Å². The Morgan fingerprint density at radius 3 is 2.84 bits per heavy atom. The van der Waals surface area contributed by atoms with E-state index in [0.29, 0.717) is 19.0 Å². The lowest BCUT2D eigenvalue weighted by atomic mass is 9.97. The highest BCUT2D eigenvalue weighted by Gasteiger charge is 2.40. The van der Waals surface area contributed by atoms with E-state index in [-0.39, 0.29) is 18.0 Å². The lowest BCUT2D eigenvalue weighted by molar-refractivity contribution is 0.158. The summed E-state index contributed by atoms with van der Waals surface area (Å²) in [6, 6.07) is 9.55. The number of benzene rings is 1. The normalized spacial score (nSPS) is 26.8. The van der Waals surface area contributed by atoms with Gasteiger partial charge in [-0.25, -0.2) is 4.79 Å². The second-order valence-electron chi connectivity index (χ2n) is 5.00. The van der Waals surface area contributed by atoms with Crippen LogP contribution in [0.15, 0.2) is 35.3 Å². The molecule has 0 spiro atoms. The number of carbonyl (C=O) groups excluding carboxylic acids is 1. The number of carbonyl (C=O) groups is 1. The monoisotopic (exact) mass is 259 g/mol. The van der Waals surface area contributed by atoms with Crippen LogP contribution in [0, 0.1) is 5.92 Å². The molecule has 2 heterocycles. The molecular formula is C14H17N3O2. The molecule has 0 radical (unpaired) electrons. The zero-order valence-electron chi connectivity index (χ0n) is 10.7. The molecule has 5 heteroatoms. The Labute approximate surface area is 112 Å². The number of amidine groups is 1. The van der Waals surface area contributed by atoms with Gasteiger partial charge in [0.25, 0.3) is 0 Å². The molecule has 2 unspecified atom stereocenters. The molecule has 1 aromatic rings. The number of rotatable bonds is 3. The smallest absolute Gasteiger partial charge is 0.346 e. The third-order valence-electron chi connectivity index (χ3n) is 3.72. The topological polar surface area (TPSA) is 67.9 Å². The maximum Gasteiger partial charge on any atom is 0.346 e. The van der Waals surface area contributed by atoms with Crippen LogP contribution in [-0.2, 0) is 11.3 Å². The van der Waals surface area contributed by atoms with Gasteiger partial charge in [0.2, 0.25) is 0 Å². The van der Waals surface area contributed by atoms with Crippen LogP contribution < -0.4 is 5.73 Å². The minimum Gasteiger partial charge on any atom is -0.385 e. The molecule has 2 N–H and O–H groups in total. The maximum atomic E-state index is 12.0. The van der Waals surface area contributed by atoms with Crippen LogP contribution in [0.25, 0.3) is 0 Å². The Kier molecular flexibility index (Phi) is 3.21. The molecule has 1 aromatic carbocycles. The van der Waals surface area contributed by atoms with Gasteiger partial charge in [-0.15, -0.1) is 0 Å². The third-order valence-corrected chi connectivity index (χ3v) is 3.72. The molecule has 0 saturated carbocycles. The van der Waals surface area contributed by atoms with Gasteiger partial charge in [-0.2, -0.15) is 4.99 Å². The Hall–Kier alpha value is -1.88. The highest BCUT2D eigenvalue weighted by molar-refractivity contribution is 6.03. The van der Waals surface area contributed by atoms with E-state index in [4.69, 9.17) is 10.5 Å². The quantitative estimate of drug-likeness (QED) is 0.891. The van der Waals surface area contributed by atoms with Crippen molar-refractivity contribution >= 4 is 11.9 Å². The second-order valence-corrected chi connectivity index (χ2v) is 5.00. The Morgan fingerprint density at radius 2 is 2.16 bits per heavy atom. The number of hydrogen-bond donors (Lipinski definition) is 1. The first-order valence-electron chi connectivity index (χ1n) is 6.52. The van der Waals surface area contributed by atoms with Crippen LogP contribution in [0.1, 0.15) is 12.0 Å². The van der Waals surface area contributed by atoms with Crippen molar-refractivity contribution in [3.05, 3.63) is 35.9 Å². The van der Waals surface area contributed by atoms with Crippen molar-refractivity contribution in [2.24, 2.45) is 16.6 Å². The van der Waals surface area contributed by atoms with E-state index >= 15 is 0 Å². The summed E-state index contributed by atoms with van der Waals surface area (Å²) in [5, 5.41) is 0. The molecule has 0 bridgehead atoms. The summed E-state index contributed by atoms with van der Waals surface area (Å²) < 4.78 is 5.40. The number of ether oxygens (including phenoxy) is 1. The fraction of sp³-hybridized carbons (Fsp3) is 0.429. The van der Waals surface area contributed by atoms with Gasteiger partial charge >= 0.3 is 6.03 Å². The number of nitrogens with zero attached hydrogens (tertiary/aromatic N) is 2. The first-order valence-corrected chi connectivity index (χ1v) is 6.52. The summed E-state index contributed by atoms with van der Waals surface area (Å²) >= 11 is 0. The largest absolute Gasteiger partial charge is 0.385 e. The standard InChI is InChI=1S/C14H17N3O2/c15-13-12(11-6-7-19-9-11)17(14(18)16-13)8-10-4-2-1-3-5-10/h1-5,11-12H,6-9H2,(H2,15,16,18). The van der Waals surface area contributed by atoms with Crippen molar-refractivity contribution in [2.45, 2.75) is 19.0 Å². The molecule has 0 aromatic heterocycles. The molecule has 3 rings (SSSR count). The van der Waals surface area contributed by atoms with Crippen LogP contribution in [0.5, 0.6) is 0 Å². The van der Waals surface area contributed by atoms with Gasteiger partial charge < -0.3 is 15.4 Å². The third kappa shape index (κ3) is 2.33. The fourth-order valence-electron chi connectivity index (χ4n) is 2.76. The van der Waals surface area contributed by atoms with Crippen LogP contribution in [0.4, 0.5) is 4.79 Å². The van der Waals surface area contributed by atoms with Gasteiger partial charge in [0.15, 0.2) is 0 Å². The van der Waals surface area contributed by atoms with Crippen molar-refractivity contribution < 1.29 is 9.53 Å². The highest BCUT2D eigenvalue weighted by Crippen LogP contribution is 2.27. The van der Waals surface area contributed by atoms with Gasteiger partial charge in [0, 0.05) is 19.1 Å². The van der Waals surface area contributed by atoms with Gasteiger partial charge in [-0.3, -0.25) is 0 Å². The van der Waals surface area contributed by atoms with Gasteiger partial charge in [-0.05, 0) is 12.0 Å². The molecule has 5 nitrogen and oxygen atoms in total. The first-order chi connectivity index (χ1) is 9.25. The highest BCUT2D eigenvalue weighted by atomic mass is 16.5. The molecule has 2 aliphatic heterocycles. The summed E-state index contributed by atoms with van der Waals surface area (Å²) in [6.07, 6.45) is 0.930. The number of hydrogen-bond acceptors (Lipinski definition) is 3. The number of urea groups is 1. The number of nitrogens with two attached hydrogens (primary N) is 1. The molecule has 2 amide bonds. The molecule has 0 aliphatic carbocycles. The maximum absolute atomic E-state index is 12.0. The summed E-state index contributed by atoms with van der Waals surface area (Å²) in [4.78, 5) is 17.6. The molecule has 1 saturated heterocycles. The van der Waals surface area contributed by atoms with Crippen LogP contribution >= 0.6 is 0 Å². The van der Waals surface area contributed by atoms with Crippen LogP contribution in [0.2, 0.25) is 0 Å². The number of aliphatic imine (C=N–C) groups is 1. The summed E-state index contributed by atoms with van der Waals surface area (Å²) in [7, 11) is 0. The van der Waals surface area contributed by atoms with Crippen molar-refractivity contribution in [1.29, 1.82) is 0 Å². The average Bonchev–Trinajstić information content (AvgIpc) is 3.00. The molecular weight excluding hydrogens is 242 g/mol. The molecule has 19 heavy (non-hydrogen) atoms. The molecule has 2 aliphatic rings. The first kappa shape index (κ1) is 12.2.